The van der Waals surface area contributed by atoms with Crippen molar-refractivity contribution in [3.8, 4) is 0 Å². The average Bonchev–Trinajstić information content (AvgIpc) is 2.81. The van der Waals surface area contributed by atoms with Crippen LogP contribution in [0.4, 0.5) is 5.82 Å². The van der Waals surface area contributed by atoms with Crippen molar-refractivity contribution in [3.05, 3.63) is 70.1 Å². The molecule has 0 unspecified atom stereocenters. The normalized spacial score (nSPS) is 23.7. The van der Waals surface area contributed by atoms with Crippen molar-refractivity contribution in [2.75, 3.05) is 44.3 Å². The number of piperidine rings is 1. The predicted molar refractivity (Wildman–Crippen MR) is 122 cm³/mol. The van der Waals surface area contributed by atoms with Crippen molar-refractivity contribution < 1.29 is 4.74 Å². The zero-order valence-corrected chi connectivity index (χ0v) is 17.7. The van der Waals surface area contributed by atoms with Crippen molar-refractivity contribution in [1.29, 1.82) is 0 Å². The van der Waals surface area contributed by atoms with Crippen molar-refractivity contribution >= 4 is 16.7 Å². The summed E-state index contributed by atoms with van der Waals surface area (Å²) in [6, 6.07) is 16.9. The van der Waals surface area contributed by atoms with Crippen LogP contribution >= 0.6 is 0 Å². The van der Waals surface area contributed by atoms with Gasteiger partial charge in [0, 0.05) is 61.8 Å². The first-order chi connectivity index (χ1) is 15.2. The number of rotatable bonds is 3. The van der Waals surface area contributed by atoms with Gasteiger partial charge in [0.05, 0.1) is 18.7 Å². The van der Waals surface area contributed by atoms with Crippen LogP contribution in [0.25, 0.3) is 10.9 Å². The van der Waals surface area contributed by atoms with E-state index in [4.69, 9.17) is 9.72 Å². The van der Waals surface area contributed by atoms with Crippen LogP contribution < -0.4 is 10.5 Å². The van der Waals surface area contributed by atoms with Gasteiger partial charge in [-0.25, -0.2) is 4.98 Å². The molecule has 2 aromatic heterocycles. The minimum atomic E-state index is 0.205. The molecule has 0 amide bonds. The van der Waals surface area contributed by atoms with Gasteiger partial charge in [0.25, 0.3) is 5.56 Å². The summed E-state index contributed by atoms with van der Waals surface area (Å²) in [4.78, 5) is 23.0. The molecule has 0 aliphatic carbocycles. The van der Waals surface area contributed by atoms with Crippen LogP contribution in [0.15, 0.2) is 53.3 Å². The van der Waals surface area contributed by atoms with Gasteiger partial charge in [-0.1, -0.05) is 24.3 Å². The molecule has 0 radical (unpaired) electrons. The fraction of sp³-hybridized carbons (Fsp3) is 0.440. The quantitative estimate of drug-likeness (QED) is 0.657. The Balaban J connectivity index is 1.27. The van der Waals surface area contributed by atoms with E-state index in [1.54, 1.807) is 0 Å². The minimum absolute atomic E-state index is 0.205. The smallest absolute Gasteiger partial charge is 0.255 e. The van der Waals surface area contributed by atoms with Crippen LogP contribution in [0.1, 0.15) is 23.6 Å². The van der Waals surface area contributed by atoms with Crippen LogP contribution in [0.3, 0.4) is 0 Å². The number of hydrogen-bond acceptors (Lipinski definition) is 5. The first-order valence-electron chi connectivity index (χ1n) is 11.4. The molecule has 31 heavy (non-hydrogen) atoms. The first-order valence-corrected chi connectivity index (χ1v) is 11.4. The van der Waals surface area contributed by atoms with E-state index in [2.05, 4.69) is 56.8 Å². The fourth-order valence-electron chi connectivity index (χ4n) is 5.53. The third-order valence-corrected chi connectivity index (χ3v) is 7.09. The van der Waals surface area contributed by atoms with Crippen LogP contribution in [0, 0.1) is 5.92 Å². The SMILES string of the molecule is O=c1c(CN2CCOCC2)ccc2n1C[C@H]1C[C@@H]2CN(c2ccc3ccccc3n2)C1. The minimum Gasteiger partial charge on any atom is -0.379 e. The molecule has 3 aliphatic rings. The lowest BCUT2D eigenvalue weighted by Crippen LogP contribution is -2.48. The highest BCUT2D eigenvalue weighted by Crippen LogP contribution is 2.37. The van der Waals surface area contributed by atoms with E-state index in [1.165, 1.54) is 11.1 Å². The zero-order chi connectivity index (χ0) is 20.8. The third-order valence-electron chi connectivity index (χ3n) is 7.09. The van der Waals surface area contributed by atoms with E-state index in [0.29, 0.717) is 11.8 Å². The van der Waals surface area contributed by atoms with Crippen LogP contribution in [-0.2, 0) is 17.8 Å². The lowest BCUT2D eigenvalue weighted by Gasteiger charge is -2.43. The van der Waals surface area contributed by atoms with Crippen LogP contribution in [0.2, 0.25) is 0 Å². The van der Waals surface area contributed by atoms with Gasteiger partial charge in [-0.15, -0.1) is 0 Å². The Kier molecular flexibility index (Phi) is 4.77. The molecule has 6 rings (SSSR count). The third kappa shape index (κ3) is 3.54. The summed E-state index contributed by atoms with van der Waals surface area (Å²) in [6.07, 6.45) is 1.16. The van der Waals surface area contributed by atoms with E-state index < -0.39 is 0 Å². The van der Waals surface area contributed by atoms with E-state index in [0.717, 1.165) is 75.8 Å². The monoisotopic (exact) mass is 416 g/mol. The first kappa shape index (κ1) is 19.0. The number of para-hydroxylation sites is 1. The van der Waals surface area contributed by atoms with Gasteiger partial charge in [-0.2, -0.15) is 0 Å². The number of aromatic nitrogens is 2. The largest absolute Gasteiger partial charge is 0.379 e. The Bertz CT molecular complexity index is 1170. The second-order valence-electron chi connectivity index (χ2n) is 9.15. The average molecular weight is 417 g/mol. The highest BCUT2D eigenvalue weighted by molar-refractivity contribution is 5.80. The van der Waals surface area contributed by atoms with Gasteiger partial charge in [0.2, 0.25) is 0 Å². The molecule has 0 N–H and O–H groups in total. The maximum Gasteiger partial charge on any atom is 0.255 e. The topological polar surface area (TPSA) is 50.6 Å². The Labute approximate surface area is 182 Å². The van der Waals surface area contributed by atoms with Crippen molar-refractivity contribution in [2.45, 2.75) is 25.4 Å². The molecule has 3 aromatic rings. The summed E-state index contributed by atoms with van der Waals surface area (Å²) >= 11 is 0. The van der Waals surface area contributed by atoms with Gasteiger partial charge in [0.15, 0.2) is 0 Å². The maximum absolute atomic E-state index is 13.3. The van der Waals surface area contributed by atoms with E-state index in [1.807, 2.05) is 6.07 Å². The van der Waals surface area contributed by atoms with Gasteiger partial charge in [-0.05, 0) is 36.6 Å². The van der Waals surface area contributed by atoms with Gasteiger partial charge < -0.3 is 14.2 Å². The number of hydrogen-bond donors (Lipinski definition) is 0. The van der Waals surface area contributed by atoms with Gasteiger partial charge in [-0.3, -0.25) is 9.69 Å². The van der Waals surface area contributed by atoms with E-state index in [9.17, 15) is 4.79 Å². The highest BCUT2D eigenvalue weighted by atomic mass is 16.5. The Morgan fingerprint density at radius 2 is 1.84 bits per heavy atom. The van der Waals surface area contributed by atoms with Gasteiger partial charge >= 0.3 is 0 Å². The molecule has 6 heteroatoms. The number of ether oxygens (including phenoxy) is 1. The zero-order valence-electron chi connectivity index (χ0n) is 17.7. The summed E-state index contributed by atoms with van der Waals surface area (Å²) in [7, 11) is 0. The predicted octanol–water partition coefficient (Wildman–Crippen LogP) is 2.85. The molecule has 2 atom stereocenters. The van der Waals surface area contributed by atoms with E-state index >= 15 is 0 Å². The fourth-order valence-corrected chi connectivity index (χ4v) is 5.53. The highest BCUT2D eigenvalue weighted by Gasteiger charge is 2.35. The molecule has 160 valence electrons. The number of benzene rings is 1. The number of fused-ring (bicyclic) bond motifs is 5. The summed E-state index contributed by atoms with van der Waals surface area (Å²) < 4.78 is 7.51. The molecular formula is C25H28N4O2. The molecule has 0 saturated carbocycles. The molecule has 2 fully saturated rings. The number of nitrogens with zero attached hydrogens (tertiary/aromatic N) is 4. The summed E-state index contributed by atoms with van der Waals surface area (Å²) in [5.41, 5.74) is 3.35. The molecule has 3 aliphatic heterocycles. The van der Waals surface area contributed by atoms with Gasteiger partial charge in [0.1, 0.15) is 5.82 Å². The Hall–Kier alpha value is -2.70. The summed E-state index contributed by atoms with van der Waals surface area (Å²) in [5.74, 6) is 1.91. The molecule has 0 spiro atoms. The Morgan fingerprint density at radius 1 is 0.968 bits per heavy atom. The second-order valence-corrected chi connectivity index (χ2v) is 9.15. The molecule has 1 aromatic carbocycles. The van der Waals surface area contributed by atoms with Crippen LogP contribution in [-0.4, -0.2) is 53.8 Å². The molecule has 2 bridgehead atoms. The second kappa shape index (κ2) is 7.77. The Morgan fingerprint density at radius 3 is 2.74 bits per heavy atom. The van der Waals surface area contributed by atoms with Crippen molar-refractivity contribution in [3.63, 3.8) is 0 Å². The maximum atomic E-state index is 13.3. The molecular weight excluding hydrogens is 388 g/mol. The lowest BCUT2D eigenvalue weighted by atomic mass is 9.83. The standard InChI is InChI=1S/C25H28N4O2/c30-25-20(16-27-9-11-31-12-10-27)5-7-23-21-13-18(15-29(23)25)14-28(17-21)24-8-6-19-3-1-2-4-22(19)26-24/h1-8,18,21H,9-17H2/t18-,21+/m0/s1. The lowest BCUT2D eigenvalue weighted by molar-refractivity contribution is 0.0339. The molecule has 6 nitrogen and oxygen atoms in total. The number of anilines is 1. The number of morpholine rings is 1. The van der Waals surface area contributed by atoms with Crippen molar-refractivity contribution in [1.82, 2.24) is 14.5 Å². The number of pyridine rings is 2. The van der Waals surface area contributed by atoms with E-state index in [-0.39, 0.29) is 5.56 Å². The van der Waals surface area contributed by atoms with Crippen molar-refractivity contribution in [2.24, 2.45) is 5.92 Å². The van der Waals surface area contributed by atoms with Crippen LogP contribution in [0.5, 0.6) is 0 Å². The molecule has 5 heterocycles. The summed E-state index contributed by atoms with van der Waals surface area (Å²) in [5, 5.41) is 1.17. The molecule has 2 saturated heterocycles. The summed E-state index contributed by atoms with van der Waals surface area (Å²) in [6.45, 7) is 6.74.